The molecule has 2 aromatic heterocycles. The van der Waals surface area contributed by atoms with Crippen LogP contribution < -0.4 is 5.32 Å². The number of pyridine rings is 1. The van der Waals surface area contributed by atoms with Gasteiger partial charge in [-0.3, -0.25) is 14.6 Å². The third-order valence-electron chi connectivity index (χ3n) is 6.01. The van der Waals surface area contributed by atoms with Crippen LogP contribution in [0.25, 0.3) is 10.4 Å². The summed E-state index contributed by atoms with van der Waals surface area (Å²) in [5, 5.41) is 5.12. The standard InChI is InChI=1S/C25H27N3O2S/c1-2-27-24(30)25(17-19-6-3-7-20(16-19)22-9-5-15-31-22)10-13-28(14-11-25)23(29)21-8-4-12-26-18-21/h3-9,12,15-16,18H,2,10-11,13-14,17H2,1H3,(H,27,30). The van der Waals surface area contributed by atoms with E-state index in [0.29, 0.717) is 44.5 Å². The molecule has 4 rings (SSSR count). The highest BCUT2D eigenvalue weighted by Gasteiger charge is 2.42. The van der Waals surface area contributed by atoms with Crippen LogP contribution >= 0.6 is 11.3 Å². The van der Waals surface area contributed by atoms with Crippen LogP contribution in [0.2, 0.25) is 0 Å². The highest BCUT2D eigenvalue weighted by Crippen LogP contribution is 2.37. The Morgan fingerprint density at radius 1 is 1.13 bits per heavy atom. The average molecular weight is 434 g/mol. The molecular formula is C25H27N3O2S. The summed E-state index contributed by atoms with van der Waals surface area (Å²) < 4.78 is 0. The molecule has 0 atom stereocenters. The monoisotopic (exact) mass is 433 g/mol. The summed E-state index contributed by atoms with van der Waals surface area (Å²) in [6.07, 6.45) is 5.23. The number of thiophene rings is 1. The van der Waals surface area contributed by atoms with Gasteiger partial charge >= 0.3 is 0 Å². The molecule has 1 aliphatic rings. The second-order valence-corrected chi connectivity index (χ2v) is 8.98. The Labute approximate surface area is 187 Å². The maximum Gasteiger partial charge on any atom is 0.255 e. The lowest BCUT2D eigenvalue weighted by Gasteiger charge is -2.41. The lowest BCUT2D eigenvalue weighted by molar-refractivity contribution is -0.133. The van der Waals surface area contributed by atoms with E-state index in [1.807, 2.05) is 11.8 Å². The Hall–Kier alpha value is -2.99. The average Bonchev–Trinajstić information content (AvgIpc) is 3.35. The second kappa shape index (κ2) is 9.43. The van der Waals surface area contributed by atoms with Crippen LogP contribution in [0.1, 0.15) is 35.7 Å². The Kier molecular flexibility index (Phi) is 6.47. The van der Waals surface area contributed by atoms with Crippen molar-refractivity contribution in [2.45, 2.75) is 26.2 Å². The molecule has 0 aliphatic carbocycles. The van der Waals surface area contributed by atoms with Gasteiger partial charge in [0.2, 0.25) is 5.91 Å². The minimum absolute atomic E-state index is 0.0164. The molecule has 3 heterocycles. The predicted octanol–water partition coefficient (Wildman–Crippen LogP) is 4.41. The maximum absolute atomic E-state index is 13.2. The Bertz CT molecular complexity index is 1030. The van der Waals surface area contributed by atoms with Gasteiger partial charge in [-0.2, -0.15) is 0 Å². The topological polar surface area (TPSA) is 62.3 Å². The van der Waals surface area contributed by atoms with Crippen molar-refractivity contribution >= 4 is 23.2 Å². The van der Waals surface area contributed by atoms with Gasteiger partial charge in [-0.15, -0.1) is 11.3 Å². The molecule has 0 bridgehead atoms. The first-order chi connectivity index (χ1) is 15.1. The first-order valence-corrected chi connectivity index (χ1v) is 11.6. The predicted molar refractivity (Wildman–Crippen MR) is 124 cm³/mol. The quantitative estimate of drug-likeness (QED) is 0.626. The summed E-state index contributed by atoms with van der Waals surface area (Å²) >= 11 is 1.72. The molecule has 0 saturated carbocycles. The molecule has 1 aliphatic heterocycles. The summed E-state index contributed by atoms with van der Waals surface area (Å²) in [5.41, 5.74) is 2.43. The number of hydrogen-bond acceptors (Lipinski definition) is 4. The molecule has 31 heavy (non-hydrogen) atoms. The molecule has 0 unspecified atom stereocenters. The number of carbonyl (C=O) groups excluding carboxylic acids is 2. The van der Waals surface area contributed by atoms with Crippen LogP contribution in [-0.4, -0.2) is 41.3 Å². The van der Waals surface area contributed by atoms with E-state index in [1.165, 1.54) is 10.4 Å². The fraction of sp³-hybridized carbons (Fsp3) is 0.320. The molecule has 0 spiro atoms. The molecule has 1 saturated heterocycles. The third kappa shape index (κ3) is 4.69. The summed E-state index contributed by atoms with van der Waals surface area (Å²) in [6.45, 7) is 3.68. The fourth-order valence-electron chi connectivity index (χ4n) is 4.31. The summed E-state index contributed by atoms with van der Waals surface area (Å²) in [5.74, 6) is 0.0716. The first kappa shape index (κ1) is 21.2. The number of benzene rings is 1. The van der Waals surface area contributed by atoms with Crippen LogP contribution in [0, 0.1) is 5.41 Å². The Balaban J connectivity index is 1.53. The van der Waals surface area contributed by atoms with Crippen LogP contribution in [0.4, 0.5) is 0 Å². The van der Waals surface area contributed by atoms with Crippen LogP contribution in [0.15, 0.2) is 66.3 Å². The minimum atomic E-state index is -0.504. The zero-order valence-electron chi connectivity index (χ0n) is 17.7. The molecule has 160 valence electrons. The summed E-state index contributed by atoms with van der Waals surface area (Å²) in [7, 11) is 0. The van der Waals surface area contributed by atoms with Gasteiger partial charge in [0, 0.05) is 36.9 Å². The van der Waals surface area contributed by atoms with Gasteiger partial charge in [-0.25, -0.2) is 0 Å². The summed E-state index contributed by atoms with van der Waals surface area (Å²) in [6, 6.07) is 16.2. The molecule has 3 aromatic rings. The second-order valence-electron chi connectivity index (χ2n) is 8.03. The highest BCUT2D eigenvalue weighted by atomic mass is 32.1. The zero-order valence-corrected chi connectivity index (χ0v) is 18.5. The Morgan fingerprint density at radius 3 is 2.65 bits per heavy atom. The zero-order chi connectivity index (χ0) is 21.7. The first-order valence-electron chi connectivity index (χ1n) is 10.7. The number of rotatable bonds is 6. The van der Waals surface area contributed by atoms with Crippen molar-refractivity contribution in [1.29, 1.82) is 0 Å². The van der Waals surface area contributed by atoms with Crippen molar-refractivity contribution in [2.75, 3.05) is 19.6 Å². The van der Waals surface area contributed by atoms with Crippen LogP contribution in [0.5, 0.6) is 0 Å². The SMILES string of the molecule is CCNC(=O)C1(Cc2cccc(-c3cccs3)c2)CCN(C(=O)c2cccnc2)CC1. The largest absolute Gasteiger partial charge is 0.356 e. The Morgan fingerprint density at radius 2 is 1.97 bits per heavy atom. The van der Waals surface area contributed by atoms with Gasteiger partial charge in [0.25, 0.3) is 5.91 Å². The summed E-state index contributed by atoms with van der Waals surface area (Å²) in [4.78, 5) is 33.1. The minimum Gasteiger partial charge on any atom is -0.356 e. The van der Waals surface area contributed by atoms with Crippen molar-refractivity contribution < 1.29 is 9.59 Å². The van der Waals surface area contributed by atoms with E-state index in [4.69, 9.17) is 0 Å². The normalized spacial score (nSPS) is 15.5. The van der Waals surface area contributed by atoms with E-state index < -0.39 is 5.41 Å². The van der Waals surface area contributed by atoms with E-state index >= 15 is 0 Å². The van der Waals surface area contributed by atoms with Gasteiger partial charge in [0.15, 0.2) is 0 Å². The number of likely N-dealkylation sites (tertiary alicyclic amines) is 1. The number of amides is 2. The molecule has 1 aromatic carbocycles. The number of nitrogens with zero attached hydrogens (tertiary/aromatic N) is 2. The fourth-order valence-corrected chi connectivity index (χ4v) is 5.03. The molecular weight excluding hydrogens is 406 g/mol. The number of aromatic nitrogens is 1. The molecule has 1 fully saturated rings. The van der Waals surface area contributed by atoms with Crippen molar-refractivity contribution in [3.05, 3.63) is 77.4 Å². The van der Waals surface area contributed by atoms with Crippen molar-refractivity contribution in [1.82, 2.24) is 15.2 Å². The van der Waals surface area contributed by atoms with Crippen molar-refractivity contribution in [3.63, 3.8) is 0 Å². The smallest absolute Gasteiger partial charge is 0.255 e. The number of piperidine rings is 1. The molecule has 2 amide bonds. The van der Waals surface area contributed by atoms with Crippen molar-refractivity contribution in [3.8, 4) is 10.4 Å². The van der Waals surface area contributed by atoms with E-state index in [1.54, 1.807) is 35.9 Å². The van der Waals surface area contributed by atoms with E-state index in [9.17, 15) is 9.59 Å². The molecule has 5 nitrogen and oxygen atoms in total. The van der Waals surface area contributed by atoms with Gasteiger partial charge in [-0.05, 0) is 60.9 Å². The van der Waals surface area contributed by atoms with Crippen molar-refractivity contribution in [2.24, 2.45) is 5.41 Å². The lowest BCUT2D eigenvalue weighted by Crippen LogP contribution is -2.51. The van der Waals surface area contributed by atoms with Crippen LogP contribution in [0.3, 0.4) is 0 Å². The number of hydrogen-bond donors (Lipinski definition) is 1. The number of carbonyl (C=O) groups is 2. The lowest BCUT2D eigenvalue weighted by atomic mass is 9.72. The van der Waals surface area contributed by atoms with E-state index in [0.717, 1.165) is 5.56 Å². The van der Waals surface area contributed by atoms with E-state index in [-0.39, 0.29) is 11.8 Å². The van der Waals surface area contributed by atoms with Gasteiger partial charge in [0.1, 0.15) is 0 Å². The molecule has 0 radical (unpaired) electrons. The van der Waals surface area contributed by atoms with Gasteiger partial charge < -0.3 is 10.2 Å². The van der Waals surface area contributed by atoms with Gasteiger partial charge in [0.05, 0.1) is 11.0 Å². The highest BCUT2D eigenvalue weighted by molar-refractivity contribution is 7.13. The van der Waals surface area contributed by atoms with E-state index in [2.05, 4.69) is 52.1 Å². The van der Waals surface area contributed by atoms with Gasteiger partial charge in [-0.1, -0.05) is 30.3 Å². The molecule has 6 heteroatoms. The molecule has 1 N–H and O–H groups in total. The maximum atomic E-state index is 13.2. The number of nitrogens with one attached hydrogen (secondary N) is 1. The third-order valence-corrected chi connectivity index (χ3v) is 6.93. The van der Waals surface area contributed by atoms with Crippen LogP contribution in [-0.2, 0) is 11.2 Å².